The molecular weight excluding hydrogens is 404 g/mol. The molecule has 9 heteroatoms. The van der Waals surface area contributed by atoms with Crippen molar-refractivity contribution in [2.75, 3.05) is 7.11 Å². The van der Waals surface area contributed by atoms with Gasteiger partial charge in [0.1, 0.15) is 11.3 Å². The standard InChI is InChI=1S/C17H15BrN4O4/c1-17(11-3-5-13(26-2)6-4-11)15(24)22(16(25)20-17)21-14(23)10-7-12(18)9-19-8-10/h3-9H,1-2H3,(H,20,25)(H,21,23). The Morgan fingerprint density at radius 2 is 1.96 bits per heavy atom. The molecule has 0 radical (unpaired) electrons. The van der Waals surface area contributed by atoms with Gasteiger partial charge in [0.25, 0.3) is 11.8 Å². The van der Waals surface area contributed by atoms with Crippen molar-refractivity contribution in [2.24, 2.45) is 0 Å². The number of imide groups is 1. The number of nitrogens with one attached hydrogen (secondary N) is 2. The van der Waals surface area contributed by atoms with Crippen molar-refractivity contribution < 1.29 is 19.1 Å². The Bertz CT molecular complexity index is 887. The number of halogens is 1. The molecule has 4 amide bonds. The number of nitrogens with zero attached hydrogens (tertiary/aromatic N) is 2. The number of rotatable bonds is 4. The minimum Gasteiger partial charge on any atom is -0.497 e. The van der Waals surface area contributed by atoms with Gasteiger partial charge in [-0.15, -0.1) is 0 Å². The van der Waals surface area contributed by atoms with Crippen LogP contribution in [0.4, 0.5) is 4.79 Å². The second-order valence-corrected chi connectivity index (χ2v) is 6.67. The van der Waals surface area contributed by atoms with Crippen LogP contribution in [-0.4, -0.2) is 34.9 Å². The number of hydrazine groups is 1. The summed E-state index contributed by atoms with van der Waals surface area (Å²) in [5.41, 5.74) is 1.79. The Kier molecular flexibility index (Phi) is 4.64. The Labute approximate surface area is 157 Å². The van der Waals surface area contributed by atoms with Gasteiger partial charge in [-0.3, -0.25) is 20.0 Å². The van der Waals surface area contributed by atoms with Crippen molar-refractivity contribution in [3.8, 4) is 5.75 Å². The summed E-state index contributed by atoms with van der Waals surface area (Å²) in [5, 5.41) is 3.28. The maximum atomic E-state index is 12.8. The van der Waals surface area contributed by atoms with E-state index in [4.69, 9.17) is 4.74 Å². The maximum Gasteiger partial charge on any atom is 0.344 e. The van der Waals surface area contributed by atoms with Crippen LogP contribution in [0.3, 0.4) is 0 Å². The van der Waals surface area contributed by atoms with E-state index in [2.05, 4.69) is 31.7 Å². The van der Waals surface area contributed by atoms with Gasteiger partial charge in [0.2, 0.25) is 0 Å². The SMILES string of the molecule is COc1ccc(C2(C)NC(=O)N(NC(=O)c3cncc(Br)c3)C2=O)cc1. The van der Waals surface area contributed by atoms with Gasteiger partial charge in [-0.1, -0.05) is 12.1 Å². The summed E-state index contributed by atoms with van der Waals surface area (Å²) < 4.78 is 5.70. The van der Waals surface area contributed by atoms with Crippen molar-refractivity contribution in [3.63, 3.8) is 0 Å². The van der Waals surface area contributed by atoms with Crippen molar-refractivity contribution >= 4 is 33.8 Å². The molecule has 1 aliphatic heterocycles. The lowest BCUT2D eigenvalue weighted by atomic mass is 9.92. The zero-order valence-electron chi connectivity index (χ0n) is 13.9. The molecule has 1 saturated heterocycles. The summed E-state index contributed by atoms with van der Waals surface area (Å²) in [4.78, 5) is 41.3. The molecule has 2 aromatic rings. The Hall–Kier alpha value is -2.94. The molecule has 134 valence electrons. The largest absolute Gasteiger partial charge is 0.497 e. The highest BCUT2D eigenvalue weighted by Crippen LogP contribution is 2.29. The fraction of sp³-hybridized carbons (Fsp3) is 0.176. The van der Waals surface area contributed by atoms with Crippen LogP contribution < -0.4 is 15.5 Å². The number of ether oxygens (including phenoxy) is 1. The summed E-state index contributed by atoms with van der Waals surface area (Å²) in [6, 6.07) is 7.55. The Balaban J connectivity index is 1.83. The van der Waals surface area contributed by atoms with Gasteiger partial charge in [0, 0.05) is 16.9 Å². The minimum absolute atomic E-state index is 0.207. The van der Waals surface area contributed by atoms with Gasteiger partial charge in [-0.05, 0) is 46.6 Å². The molecule has 0 spiro atoms. The van der Waals surface area contributed by atoms with Crippen molar-refractivity contribution in [1.29, 1.82) is 0 Å². The van der Waals surface area contributed by atoms with Gasteiger partial charge in [0.15, 0.2) is 0 Å². The van der Waals surface area contributed by atoms with E-state index < -0.39 is 23.4 Å². The molecule has 0 bridgehead atoms. The molecule has 1 aromatic carbocycles. The minimum atomic E-state index is -1.30. The van der Waals surface area contributed by atoms with E-state index in [1.54, 1.807) is 31.2 Å². The third-order valence-corrected chi connectivity index (χ3v) is 4.47. The summed E-state index contributed by atoms with van der Waals surface area (Å²) in [6.45, 7) is 1.57. The zero-order valence-corrected chi connectivity index (χ0v) is 15.5. The molecule has 26 heavy (non-hydrogen) atoms. The fourth-order valence-corrected chi connectivity index (χ4v) is 2.93. The molecule has 1 aliphatic rings. The van der Waals surface area contributed by atoms with Crippen LogP contribution in [0.5, 0.6) is 5.75 Å². The summed E-state index contributed by atoms with van der Waals surface area (Å²) in [5.74, 6) is -0.591. The number of benzene rings is 1. The average Bonchev–Trinajstić information content (AvgIpc) is 2.86. The lowest BCUT2D eigenvalue weighted by molar-refractivity contribution is -0.132. The first-order valence-corrected chi connectivity index (χ1v) is 8.37. The van der Waals surface area contributed by atoms with Crippen molar-refractivity contribution in [2.45, 2.75) is 12.5 Å². The third-order valence-electron chi connectivity index (χ3n) is 4.04. The highest BCUT2D eigenvalue weighted by molar-refractivity contribution is 9.10. The highest BCUT2D eigenvalue weighted by atomic mass is 79.9. The molecule has 1 fully saturated rings. The molecule has 1 unspecified atom stereocenters. The number of hydrogen-bond acceptors (Lipinski definition) is 5. The molecule has 0 aliphatic carbocycles. The van der Waals surface area contributed by atoms with E-state index in [1.807, 2.05) is 0 Å². The van der Waals surface area contributed by atoms with Crippen LogP contribution in [0, 0.1) is 0 Å². The van der Waals surface area contributed by atoms with Crippen LogP contribution in [0.2, 0.25) is 0 Å². The first kappa shape index (κ1) is 17.9. The second-order valence-electron chi connectivity index (χ2n) is 5.76. The number of carbonyl (C=O) groups is 3. The quantitative estimate of drug-likeness (QED) is 0.739. The molecular formula is C17H15BrN4O4. The lowest BCUT2D eigenvalue weighted by Gasteiger charge is -2.22. The molecule has 8 nitrogen and oxygen atoms in total. The third kappa shape index (κ3) is 3.13. The second kappa shape index (κ2) is 6.75. The zero-order chi connectivity index (χ0) is 18.9. The summed E-state index contributed by atoms with van der Waals surface area (Å²) in [7, 11) is 1.53. The fourth-order valence-electron chi connectivity index (χ4n) is 2.56. The van der Waals surface area contributed by atoms with E-state index >= 15 is 0 Å². The van der Waals surface area contributed by atoms with Gasteiger partial charge in [0.05, 0.1) is 12.7 Å². The first-order chi connectivity index (χ1) is 12.3. The average molecular weight is 419 g/mol. The smallest absolute Gasteiger partial charge is 0.344 e. The van der Waals surface area contributed by atoms with Crippen molar-refractivity contribution in [3.05, 3.63) is 58.3 Å². The van der Waals surface area contributed by atoms with E-state index in [0.717, 1.165) is 0 Å². The predicted molar refractivity (Wildman–Crippen MR) is 95.1 cm³/mol. The Morgan fingerprint density at radius 1 is 1.27 bits per heavy atom. The van der Waals surface area contributed by atoms with Gasteiger partial charge in [-0.2, -0.15) is 5.01 Å². The van der Waals surface area contributed by atoms with Gasteiger partial charge >= 0.3 is 6.03 Å². The highest BCUT2D eigenvalue weighted by Gasteiger charge is 2.50. The molecule has 0 saturated carbocycles. The number of carbonyl (C=O) groups excluding carboxylic acids is 3. The van der Waals surface area contributed by atoms with Crippen LogP contribution in [0.15, 0.2) is 47.2 Å². The summed E-state index contributed by atoms with van der Waals surface area (Å²) in [6.07, 6.45) is 2.85. The number of aromatic nitrogens is 1. The number of amides is 4. The normalized spacial score (nSPS) is 19.3. The van der Waals surface area contributed by atoms with Crippen LogP contribution in [0.25, 0.3) is 0 Å². The van der Waals surface area contributed by atoms with Crippen LogP contribution in [0.1, 0.15) is 22.8 Å². The number of hydrogen-bond donors (Lipinski definition) is 2. The van der Waals surface area contributed by atoms with Crippen LogP contribution >= 0.6 is 15.9 Å². The molecule has 2 N–H and O–H groups in total. The summed E-state index contributed by atoms with van der Waals surface area (Å²) >= 11 is 3.21. The van der Waals surface area contributed by atoms with Crippen molar-refractivity contribution in [1.82, 2.24) is 20.7 Å². The van der Waals surface area contributed by atoms with Crippen LogP contribution in [-0.2, 0) is 10.3 Å². The predicted octanol–water partition coefficient (Wildman–Crippen LogP) is 1.96. The maximum absolute atomic E-state index is 12.8. The molecule has 2 heterocycles. The van der Waals surface area contributed by atoms with E-state index in [9.17, 15) is 14.4 Å². The van der Waals surface area contributed by atoms with E-state index in [-0.39, 0.29) is 5.56 Å². The topological polar surface area (TPSA) is 101 Å². The first-order valence-electron chi connectivity index (χ1n) is 7.58. The number of methoxy groups -OCH3 is 1. The number of pyridine rings is 1. The van der Waals surface area contributed by atoms with E-state index in [0.29, 0.717) is 20.8 Å². The monoisotopic (exact) mass is 418 g/mol. The molecule has 3 rings (SSSR count). The van der Waals surface area contributed by atoms with Gasteiger partial charge < -0.3 is 10.1 Å². The molecule has 1 aromatic heterocycles. The molecule has 1 atom stereocenters. The van der Waals surface area contributed by atoms with Gasteiger partial charge in [-0.25, -0.2) is 4.79 Å². The Morgan fingerprint density at radius 3 is 2.58 bits per heavy atom. The number of urea groups is 1. The van der Waals surface area contributed by atoms with E-state index in [1.165, 1.54) is 25.6 Å². The lowest BCUT2D eigenvalue weighted by Crippen LogP contribution is -2.47.